The first-order chi connectivity index (χ1) is 10.6. The van der Waals surface area contributed by atoms with E-state index < -0.39 is 0 Å². The minimum atomic E-state index is 0.0620. The van der Waals surface area contributed by atoms with Gasteiger partial charge in [-0.05, 0) is 55.7 Å². The van der Waals surface area contributed by atoms with Crippen LogP contribution in [0, 0.1) is 0 Å². The Hall–Kier alpha value is -1.76. The van der Waals surface area contributed by atoms with E-state index in [1.165, 1.54) is 11.2 Å². The fourth-order valence-electron chi connectivity index (χ4n) is 2.71. The maximum Gasteiger partial charge on any atom is 0.246 e. The van der Waals surface area contributed by atoms with Gasteiger partial charge in [0.25, 0.3) is 0 Å². The van der Waals surface area contributed by atoms with Gasteiger partial charge < -0.3 is 4.90 Å². The highest BCUT2D eigenvalue weighted by molar-refractivity contribution is 9.10. The molecule has 0 radical (unpaired) electrons. The summed E-state index contributed by atoms with van der Waals surface area (Å²) in [6, 6.07) is 7.99. The second-order valence-electron chi connectivity index (χ2n) is 5.58. The van der Waals surface area contributed by atoms with Crippen LogP contribution in [0.15, 0.2) is 28.7 Å². The predicted molar refractivity (Wildman–Crippen MR) is 86.0 cm³/mol. The molecule has 1 aliphatic rings. The molecular formula is C15H18BrN5O. The Balaban J connectivity index is 1.68. The number of hydrogen-bond acceptors (Lipinski definition) is 4. The number of carbonyl (C=O) groups excluding carboxylic acids is 1. The number of nitrogens with zero attached hydrogens (tertiary/aromatic N) is 5. The third-order valence-corrected chi connectivity index (χ3v) is 4.48. The summed E-state index contributed by atoms with van der Waals surface area (Å²) in [5, 5.41) is 12.3. The van der Waals surface area contributed by atoms with Crippen molar-refractivity contribution in [2.75, 3.05) is 6.54 Å². The quantitative estimate of drug-likeness (QED) is 0.840. The fraction of sp³-hybridized carbons (Fsp3) is 0.467. The maximum absolute atomic E-state index is 12.4. The monoisotopic (exact) mass is 363 g/mol. The van der Waals surface area contributed by atoms with Gasteiger partial charge >= 0.3 is 0 Å². The largest absolute Gasteiger partial charge is 0.338 e. The van der Waals surface area contributed by atoms with Crippen molar-refractivity contribution in [2.45, 2.75) is 38.8 Å². The normalized spacial score (nSPS) is 18.5. The molecule has 7 heteroatoms. The second kappa shape index (κ2) is 6.56. The number of aromatic nitrogens is 4. The van der Waals surface area contributed by atoms with Gasteiger partial charge in [-0.2, -0.15) is 4.80 Å². The summed E-state index contributed by atoms with van der Waals surface area (Å²) < 4.78 is 0.998. The number of likely N-dealkylation sites (tertiary alicyclic amines) is 1. The molecule has 3 rings (SSSR count). The van der Waals surface area contributed by atoms with E-state index in [9.17, 15) is 4.79 Å². The van der Waals surface area contributed by atoms with Crippen LogP contribution < -0.4 is 0 Å². The molecule has 1 aromatic heterocycles. The highest BCUT2D eigenvalue weighted by Gasteiger charge is 2.23. The van der Waals surface area contributed by atoms with Crippen molar-refractivity contribution >= 4 is 21.8 Å². The Labute approximate surface area is 137 Å². The molecule has 1 aliphatic heterocycles. The Morgan fingerprint density at radius 3 is 2.82 bits per heavy atom. The first-order valence-electron chi connectivity index (χ1n) is 7.47. The van der Waals surface area contributed by atoms with Crippen molar-refractivity contribution in [1.82, 2.24) is 25.1 Å². The fourth-order valence-corrected chi connectivity index (χ4v) is 2.97. The third kappa shape index (κ3) is 3.35. The maximum atomic E-state index is 12.4. The molecule has 1 saturated heterocycles. The topological polar surface area (TPSA) is 63.9 Å². The average molecular weight is 364 g/mol. The van der Waals surface area contributed by atoms with Crippen LogP contribution >= 0.6 is 15.9 Å². The molecule has 2 aromatic rings. The van der Waals surface area contributed by atoms with Gasteiger partial charge in [-0.25, -0.2) is 0 Å². The van der Waals surface area contributed by atoms with Crippen LogP contribution in [0.1, 0.15) is 26.2 Å². The lowest BCUT2D eigenvalue weighted by Gasteiger charge is -2.33. The molecule has 0 N–H and O–H groups in total. The van der Waals surface area contributed by atoms with E-state index in [0.717, 1.165) is 29.4 Å². The van der Waals surface area contributed by atoms with E-state index in [-0.39, 0.29) is 12.5 Å². The average Bonchev–Trinajstić information content (AvgIpc) is 2.97. The van der Waals surface area contributed by atoms with E-state index in [2.05, 4.69) is 38.3 Å². The molecule has 1 amide bonds. The first kappa shape index (κ1) is 15.1. The van der Waals surface area contributed by atoms with E-state index in [4.69, 9.17) is 0 Å². The summed E-state index contributed by atoms with van der Waals surface area (Å²) in [6.45, 7) is 3.07. The smallest absolute Gasteiger partial charge is 0.246 e. The van der Waals surface area contributed by atoms with E-state index in [1.807, 2.05) is 29.2 Å². The highest BCUT2D eigenvalue weighted by Crippen LogP contribution is 2.18. The Morgan fingerprint density at radius 1 is 1.32 bits per heavy atom. The molecule has 6 nitrogen and oxygen atoms in total. The number of tetrazole rings is 1. The molecule has 1 fully saturated rings. The van der Waals surface area contributed by atoms with Gasteiger partial charge in [0.05, 0.1) is 0 Å². The lowest BCUT2D eigenvalue weighted by atomic mass is 10.0. The Bertz CT molecular complexity index is 654. The van der Waals surface area contributed by atoms with Crippen LogP contribution in [0.3, 0.4) is 0 Å². The molecule has 0 saturated carbocycles. The van der Waals surface area contributed by atoms with Gasteiger partial charge in [0, 0.05) is 22.6 Å². The van der Waals surface area contributed by atoms with E-state index >= 15 is 0 Å². The molecule has 116 valence electrons. The molecule has 1 aromatic carbocycles. The number of benzene rings is 1. The zero-order valence-corrected chi connectivity index (χ0v) is 14.0. The molecule has 0 spiro atoms. The molecule has 22 heavy (non-hydrogen) atoms. The summed E-state index contributed by atoms with van der Waals surface area (Å²) in [7, 11) is 0. The number of piperidine rings is 1. The van der Waals surface area contributed by atoms with Gasteiger partial charge in [0.15, 0.2) is 0 Å². The van der Waals surface area contributed by atoms with E-state index in [0.29, 0.717) is 11.9 Å². The standard InChI is InChI=1S/C15H18BrN5O/c1-11-4-2-3-9-20(11)14(22)10-21-18-15(17-19-21)12-5-7-13(16)8-6-12/h5-8,11H,2-4,9-10H2,1H3. The molecule has 0 bridgehead atoms. The number of carbonyl (C=O) groups is 1. The lowest BCUT2D eigenvalue weighted by Crippen LogP contribution is -2.43. The lowest BCUT2D eigenvalue weighted by molar-refractivity contribution is -0.135. The van der Waals surface area contributed by atoms with Crippen LogP contribution in [0.5, 0.6) is 0 Å². The molecule has 1 unspecified atom stereocenters. The van der Waals surface area contributed by atoms with Gasteiger partial charge in [-0.15, -0.1) is 10.2 Å². The minimum Gasteiger partial charge on any atom is -0.338 e. The number of rotatable bonds is 3. The Morgan fingerprint density at radius 2 is 2.09 bits per heavy atom. The van der Waals surface area contributed by atoms with Gasteiger partial charge in [0.1, 0.15) is 6.54 Å². The highest BCUT2D eigenvalue weighted by atomic mass is 79.9. The third-order valence-electron chi connectivity index (χ3n) is 3.96. The zero-order chi connectivity index (χ0) is 15.5. The number of amides is 1. The molecule has 1 atom stereocenters. The van der Waals surface area contributed by atoms with Crippen molar-refractivity contribution in [3.63, 3.8) is 0 Å². The van der Waals surface area contributed by atoms with Crippen LogP contribution in [0.4, 0.5) is 0 Å². The number of hydrogen-bond donors (Lipinski definition) is 0. The van der Waals surface area contributed by atoms with E-state index in [1.54, 1.807) is 0 Å². The minimum absolute atomic E-state index is 0.0620. The van der Waals surface area contributed by atoms with Crippen LogP contribution in [0.2, 0.25) is 0 Å². The Kier molecular flexibility index (Phi) is 4.52. The summed E-state index contributed by atoms with van der Waals surface area (Å²) in [5.74, 6) is 0.596. The SMILES string of the molecule is CC1CCCCN1C(=O)Cn1nnc(-c2ccc(Br)cc2)n1. The van der Waals surface area contributed by atoms with Crippen molar-refractivity contribution in [1.29, 1.82) is 0 Å². The van der Waals surface area contributed by atoms with Gasteiger partial charge in [-0.1, -0.05) is 15.9 Å². The summed E-state index contributed by atoms with van der Waals surface area (Å²) in [5.41, 5.74) is 0.883. The summed E-state index contributed by atoms with van der Waals surface area (Å²) in [4.78, 5) is 15.7. The van der Waals surface area contributed by atoms with Crippen molar-refractivity contribution in [3.8, 4) is 11.4 Å². The first-order valence-corrected chi connectivity index (χ1v) is 8.26. The predicted octanol–water partition coefficient (Wildman–Crippen LogP) is 2.50. The van der Waals surface area contributed by atoms with Crippen LogP contribution in [0.25, 0.3) is 11.4 Å². The van der Waals surface area contributed by atoms with Crippen molar-refractivity contribution in [3.05, 3.63) is 28.7 Å². The number of halogens is 1. The molecular weight excluding hydrogens is 346 g/mol. The van der Waals surface area contributed by atoms with Crippen LogP contribution in [-0.2, 0) is 11.3 Å². The zero-order valence-electron chi connectivity index (χ0n) is 12.4. The molecule has 2 heterocycles. The summed E-state index contributed by atoms with van der Waals surface area (Å²) >= 11 is 3.39. The van der Waals surface area contributed by atoms with Crippen molar-refractivity contribution in [2.24, 2.45) is 0 Å². The second-order valence-corrected chi connectivity index (χ2v) is 6.50. The summed E-state index contributed by atoms with van der Waals surface area (Å²) in [6.07, 6.45) is 3.34. The van der Waals surface area contributed by atoms with Crippen LogP contribution in [-0.4, -0.2) is 43.6 Å². The molecule has 0 aliphatic carbocycles. The van der Waals surface area contributed by atoms with Crippen molar-refractivity contribution < 1.29 is 4.79 Å². The van der Waals surface area contributed by atoms with Gasteiger partial charge in [-0.3, -0.25) is 4.79 Å². The van der Waals surface area contributed by atoms with Gasteiger partial charge in [0.2, 0.25) is 11.7 Å².